The van der Waals surface area contributed by atoms with Gasteiger partial charge < -0.3 is 9.73 Å². The number of nitrogens with zero attached hydrogens (tertiary/aromatic N) is 1. The maximum atomic E-state index is 12.3. The van der Waals surface area contributed by atoms with E-state index in [9.17, 15) is 9.59 Å². The molecule has 1 aliphatic heterocycles. The van der Waals surface area contributed by atoms with Crippen LogP contribution in [0.3, 0.4) is 0 Å². The van der Waals surface area contributed by atoms with E-state index in [-0.39, 0.29) is 12.5 Å². The average Bonchev–Trinajstić information content (AvgIpc) is 2.93. The van der Waals surface area contributed by atoms with Crippen LogP contribution in [0.5, 0.6) is 0 Å². The first-order valence-corrected chi connectivity index (χ1v) is 6.08. The first kappa shape index (κ1) is 12.8. The Morgan fingerprint density at radius 3 is 2.89 bits per heavy atom. The molecule has 1 saturated heterocycles. The SMILES string of the molecule is C=C(CS)CN1C(=O)NC(C)(c2ccco2)C1=O. The van der Waals surface area contributed by atoms with Crippen LogP contribution in [0.25, 0.3) is 0 Å². The zero-order valence-corrected chi connectivity index (χ0v) is 10.9. The maximum Gasteiger partial charge on any atom is 0.325 e. The van der Waals surface area contributed by atoms with Crippen LogP contribution in [-0.4, -0.2) is 29.1 Å². The summed E-state index contributed by atoms with van der Waals surface area (Å²) in [5.41, 5.74) is -0.442. The highest BCUT2D eigenvalue weighted by Crippen LogP contribution is 2.29. The summed E-state index contributed by atoms with van der Waals surface area (Å²) in [5, 5.41) is 2.64. The van der Waals surface area contributed by atoms with Crippen molar-refractivity contribution >= 4 is 24.6 Å². The molecule has 1 aliphatic rings. The third kappa shape index (κ3) is 1.92. The van der Waals surface area contributed by atoms with E-state index in [2.05, 4.69) is 24.5 Å². The number of urea groups is 1. The van der Waals surface area contributed by atoms with Gasteiger partial charge >= 0.3 is 6.03 Å². The number of furan rings is 1. The van der Waals surface area contributed by atoms with Gasteiger partial charge in [-0.2, -0.15) is 12.6 Å². The highest BCUT2D eigenvalue weighted by atomic mass is 32.1. The molecular formula is C12H14N2O3S. The Hall–Kier alpha value is -1.69. The minimum atomic E-state index is -1.14. The molecule has 0 radical (unpaired) electrons. The number of carbonyl (C=O) groups excluding carboxylic acids is 2. The van der Waals surface area contributed by atoms with Gasteiger partial charge in [-0.25, -0.2) is 4.79 Å². The predicted octanol–water partition coefficient (Wildman–Crippen LogP) is 1.53. The van der Waals surface area contributed by atoms with Crippen molar-refractivity contribution in [2.75, 3.05) is 12.3 Å². The summed E-state index contributed by atoms with van der Waals surface area (Å²) in [6.45, 7) is 5.53. The highest BCUT2D eigenvalue weighted by Gasteiger charge is 2.50. The van der Waals surface area contributed by atoms with Crippen molar-refractivity contribution in [3.05, 3.63) is 36.3 Å². The Balaban J connectivity index is 2.26. The van der Waals surface area contributed by atoms with Gasteiger partial charge in [0.25, 0.3) is 5.91 Å². The van der Waals surface area contributed by atoms with Gasteiger partial charge in [0.15, 0.2) is 5.54 Å². The fourth-order valence-electron chi connectivity index (χ4n) is 1.84. The minimum Gasteiger partial charge on any atom is -0.466 e. The molecule has 5 nitrogen and oxygen atoms in total. The molecule has 2 heterocycles. The lowest BCUT2D eigenvalue weighted by atomic mass is 9.99. The van der Waals surface area contributed by atoms with Gasteiger partial charge in [-0.05, 0) is 24.6 Å². The summed E-state index contributed by atoms with van der Waals surface area (Å²) >= 11 is 4.06. The summed E-state index contributed by atoms with van der Waals surface area (Å²) < 4.78 is 5.22. The van der Waals surface area contributed by atoms with E-state index >= 15 is 0 Å². The van der Waals surface area contributed by atoms with E-state index in [0.717, 1.165) is 4.90 Å². The van der Waals surface area contributed by atoms with E-state index < -0.39 is 11.6 Å². The number of hydrogen-bond acceptors (Lipinski definition) is 4. The average molecular weight is 266 g/mol. The van der Waals surface area contributed by atoms with Crippen molar-refractivity contribution in [3.8, 4) is 0 Å². The fraction of sp³-hybridized carbons (Fsp3) is 0.333. The van der Waals surface area contributed by atoms with E-state index in [0.29, 0.717) is 17.1 Å². The highest BCUT2D eigenvalue weighted by molar-refractivity contribution is 7.80. The topological polar surface area (TPSA) is 62.6 Å². The van der Waals surface area contributed by atoms with Crippen molar-refractivity contribution in [1.29, 1.82) is 0 Å². The van der Waals surface area contributed by atoms with Gasteiger partial charge in [0, 0.05) is 5.75 Å². The van der Waals surface area contributed by atoms with Crippen LogP contribution >= 0.6 is 12.6 Å². The second-order valence-electron chi connectivity index (χ2n) is 4.33. The lowest BCUT2D eigenvalue weighted by molar-refractivity contribution is -0.131. The zero-order chi connectivity index (χ0) is 13.3. The number of imide groups is 1. The number of amides is 3. The van der Waals surface area contributed by atoms with Crippen LogP contribution in [-0.2, 0) is 10.3 Å². The summed E-state index contributed by atoms with van der Waals surface area (Å²) in [4.78, 5) is 25.3. The number of rotatable bonds is 4. The van der Waals surface area contributed by atoms with Crippen LogP contribution in [0.4, 0.5) is 4.79 Å². The van der Waals surface area contributed by atoms with Crippen LogP contribution in [0.1, 0.15) is 12.7 Å². The molecule has 18 heavy (non-hydrogen) atoms. The van der Waals surface area contributed by atoms with Crippen LogP contribution in [0, 0.1) is 0 Å². The van der Waals surface area contributed by atoms with E-state index in [1.807, 2.05) is 0 Å². The quantitative estimate of drug-likeness (QED) is 0.493. The first-order chi connectivity index (χ1) is 8.49. The van der Waals surface area contributed by atoms with Gasteiger partial charge in [-0.3, -0.25) is 9.69 Å². The largest absolute Gasteiger partial charge is 0.466 e. The Bertz CT molecular complexity index is 497. The standard InChI is InChI=1S/C12H14N2O3S/c1-8(7-18)6-14-10(15)12(2,13-11(14)16)9-4-3-5-17-9/h3-5,18H,1,6-7H2,2H3,(H,13,16). The zero-order valence-electron chi connectivity index (χ0n) is 9.97. The molecule has 0 saturated carbocycles. The maximum absolute atomic E-state index is 12.3. The number of nitrogens with one attached hydrogen (secondary N) is 1. The fourth-order valence-corrected chi connectivity index (χ4v) is 1.94. The molecule has 6 heteroatoms. The number of carbonyl (C=O) groups is 2. The van der Waals surface area contributed by atoms with Crippen LogP contribution in [0.2, 0.25) is 0 Å². The molecule has 0 bridgehead atoms. The molecule has 0 aliphatic carbocycles. The molecule has 1 aromatic heterocycles. The Morgan fingerprint density at radius 1 is 1.61 bits per heavy atom. The molecule has 0 aromatic carbocycles. The number of hydrogen-bond donors (Lipinski definition) is 2. The summed E-state index contributed by atoms with van der Waals surface area (Å²) in [6, 6.07) is 2.89. The first-order valence-electron chi connectivity index (χ1n) is 5.44. The molecule has 1 N–H and O–H groups in total. The van der Waals surface area contributed by atoms with Crippen molar-refractivity contribution in [3.63, 3.8) is 0 Å². The predicted molar refractivity (Wildman–Crippen MR) is 69.3 cm³/mol. The minimum absolute atomic E-state index is 0.171. The van der Waals surface area contributed by atoms with E-state index in [1.54, 1.807) is 19.1 Å². The van der Waals surface area contributed by atoms with Crippen molar-refractivity contribution < 1.29 is 14.0 Å². The van der Waals surface area contributed by atoms with Crippen LogP contribution in [0.15, 0.2) is 35.0 Å². The van der Waals surface area contributed by atoms with Gasteiger partial charge in [-0.1, -0.05) is 6.58 Å². The third-order valence-corrected chi connectivity index (χ3v) is 3.34. The monoisotopic (exact) mass is 266 g/mol. The van der Waals surface area contributed by atoms with Crippen LogP contribution < -0.4 is 5.32 Å². The van der Waals surface area contributed by atoms with Crippen molar-refractivity contribution in [1.82, 2.24) is 10.2 Å². The Kier molecular flexibility index (Phi) is 3.21. The molecule has 3 amide bonds. The van der Waals surface area contributed by atoms with Gasteiger partial charge in [0.2, 0.25) is 0 Å². The molecule has 96 valence electrons. The lowest BCUT2D eigenvalue weighted by Crippen LogP contribution is -2.40. The third-order valence-electron chi connectivity index (χ3n) is 2.89. The summed E-state index contributed by atoms with van der Waals surface area (Å²) in [7, 11) is 0. The van der Waals surface area contributed by atoms with E-state index in [1.165, 1.54) is 6.26 Å². The van der Waals surface area contributed by atoms with Crippen molar-refractivity contribution in [2.45, 2.75) is 12.5 Å². The lowest BCUT2D eigenvalue weighted by Gasteiger charge is -2.19. The van der Waals surface area contributed by atoms with Crippen molar-refractivity contribution in [2.24, 2.45) is 0 Å². The summed E-state index contributed by atoms with van der Waals surface area (Å²) in [6.07, 6.45) is 1.47. The van der Waals surface area contributed by atoms with Gasteiger partial charge in [0.1, 0.15) is 5.76 Å². The van der Waals surface area contributed by atoms with Gasteiger partial charge in [-0.15, -0.1) is 0 Å². The number of thiol groups is 1. The molecule has 1 fully saturated rings. The molecule has 2 rings (SSSR count). The van der Waals surface area contributed by atoms with Gasteiger partial charge in [0.05, 0.1) is 12.8 Å². The molecule has 0 spiro atoms. The smallest absolute Gasteiger partial charge is 0.325 e. The summed E-state index contributed by atoms with van der Waals surface area (Å²) in [5.74, 6) is 0.499. The normalized spacial score (nSPS) is 23.3. The molecule has 1 atom stereocenters. The molecular weight excluding hydrogens is 252 g/mol. The molecule has 1 aromatic rings. The Morgan fingerprint density at radius 2 is 2.33 bits per heavy atom. The Labute approximate surface area is 110 Å². The second-order valence-corrected chi connectivity index (χ2v) is 4.65. The molecule has 1 unspecified atom stereocenters. The second kappa shape index (κ2) is 4.53. The van der Waals surface area contributed by atoms with E-state index in [4.69, 9.17) is 4.42 Å².